The fourth-order valence-corrected chi connectivity index (χ4v) is 2.75. The van der Waals surface area contributed by atoms with Crippen LogP contribution < -0.4 is 10.3 Å². The highest BCUT2D eigenvalue weighted by Crippen LogP contribution is 2.45. The lowest BCUT2D eigenvalue weighted by atomic mass is 9.95. The van der Waals surface area contributed by atoms with Crippen LogP contribution in [0.2, 0.25) is 0 Å². The molecule has 0 aliphatic heterocycles. The summed E-state index contributed by atoms with van der Waals surface area (Å²) in [5.74, 6) is -0.0960. The number of halogens is 4. The second kappa shape index (κ2) is 6.08. The fourth-order valence-electron chi connectivity index (χ4n) is 2.26. The van der Waals surface area contributed by atoms with Crippen molar-refractivity contribution in [1.82, 2.24) is 4.98 Å². The molecule has 0 spiro atoms. The summed E-state index contributed by atoms with van der Waals surface area (Å²) >= 11 is 3.13. The van der Waals surface area contributed by atoms with E-state index in [4.69, 9.17) is 4.74 Å². The van der Waals surface area contributed by atoms with Gasteiger partial charge < -0.3 is 9.72 Å². The van der Waals surface area contributed by atoms with Crippen LogP contribution in [0.5, 0.6) is 5.75 Å². The Morgan fingerprint density at radius 2 is 2.00 bits per heavy atom. The van der Waals surface area contributed by atoms with E-state index in [2.05, 4.69) is 20.9 Å². The number of benzene rings is 1. The minimum Gasteiger partial charge on any atom is -0.495 e. The number of alkyl halides is 3. The van der Waals surface area contributed by atoms with Crippen molar-refractivity contribution < 1.29 is 17.9 Å². The molecule has 0 saturated heterocycles. The Balaban J connectivity index is 3.02. The number of pyridine rings is 1. The van der Waals surface area contributed by atoms with Crippen LogP contribution >= 0.6 is 15.9 Å². The topological polar surface area (TPSA) is 65.9 Å². The van der Waals surface area contributed by atoms with E-state index in [1.165, 1.54) is 26.2 Å². The number of hydrogen-bond donors (Lipinski definition) is 1. The van der Waals surface area contributed by atoms with Gasteiger partial charge in [-0.2, -0.15) is 18.4 Å². The van der Waals surface area contributed by atoms with Crippen LogP contribution in [-0.4, -0.2) is 12.1 Å². The normalized spacial score (nSPS) is 11.2. The number of nitrogens with one attached hydrogen (secondary N) is 1. The molecule has 0 fully saturated rings. The zero-order chi connectivity index (χ0) is 17.4. The molecule has 0 amide bonds. The molecular weight excluding hydrogens is 377 g/mol. The maximum absolute atomic E-state index is 13.4. The lowest BCUT2D eigenvalue weighted by Crippen LogP contribution is -2.15. The first-order valence-corrected chi connectivity index (χ1v) is 7.08. The van der Waals surface area contributed by atoms with Crippen molar-refractivity contribution in [3.05, 3.63) is 49.8 Å². The predicted octanol–water partition coefficient (Wildman–Crippen LogP) is 4.01. The summed E-state index contributed by atoms with van der Waals surface area (Å²) in [6.45, 7) is 1.52. The number of nitrogens with zero attached hydrogens (tertiary/aromatic N) is 1. The van der Waals surface area contributed by atoms with Crippen molar-refractivity contribution in [1.29, 1.82) is 5.26 Å². The highest BCUT2D eigenvalue weighted by Gasteiger charge is 2.36. The minimum atomic E-state index is -4.67. The Labute approximate surface area is 137 Å². The predicted molar refractivity (Wildman–Crippen MR) is 81.2 cm³/mol. The fraction of sp³-hybridized carbons (Fsp3) is 0.200. The molecule has 4 nitrogen and oxygen atoms in total. The molecule has 0 bridgehead atoms. The number of ether oxygens (including phenoxy) is 1. The van der Waals surface area contributed by atoms with Crippen molar-refractivity contribution in [3.63, 3.8) is 0 Å². The molecule has 0 atom stereocenters. The second-order valence-corrected chi connectivity index (χ2v) is 5.54. The van der Waals surface area contributed by atoms with Gasteiger partial charge in [-0.25, -0.2) is 0 Å². The van der Waals surface area contributed by atoms with Gasteiger partial charge in [0.1, 0.15) is 17.4 Å². The number of H-pyrrole nitrogens is 1. The van der Waals surface area contributed by atoms with Gasteiger partial charge in [-0.05, 0) is 41.1 Å². The summed E-state index contributed by atoms with van der Waals surface area (Å²) in [6.07, 6.45) is -4.67. The van der Waals surface area contributed by atoms with E-state index in [0.29, 0.717) is 5.69 Å². The van der Waals surface area contributed by atoms with Crippen LogP contribution in [-0.2, 0) is 6.18 Å². The van der Waals surface area contributed by atoms with Gasteiger partial charge in [0.05, 0.1) is 17.1 Å². The van der Waals surface area contributed by atoms with E-state index >= 15 is 0 Å². The molecule has 23 heavy (non-hydrogen) atoms. The Morgan fingerprint density at radius 1 is 1.35 bits per heavy atom. The number of methoxy groups -OCH3 is 1. The molecule has 120 valence electrons. The van der Waals surface area contributed by atoms with Gasteiger partial charge in [-0.1, -0.05) is 0 Å². The maximum atomic E-state index is 13.4. The summed E-state index contributed by atoms with van der Waals surface area (Å²) in [5.41, 5.74) is -2.28. The summed E-state index contributed by atoms with van der Waals surface area (Å²) in [4.78, 5) is 14.3. The molecule has 1 aromatic heterocycles. The van der Waals surface area contributed by atoms with Gasteiger partial charge in [-0.3, -0.25) is 4.79 Å². The van der Waals surface area contributed by atoms with E-state index in [9.17, 15) is 23.2 Å². The first kappa shape index (κ1) is 17.1. The molecule has 8 heteroatoms. The van der Waals surface area contributed by atoms with E-state index in [1.807, 2.05) is 0 Å². The Kier molecular flexibility index (Phi) is 4.52. The largest absolute Gasteiger partial charge is 0.495 e. The summed E-state index contributed by atoms with van der Waals surface area (Å²) in [5, 5.41) is 9.17. The van der Waals surface area contributed by atoms with Crippen LogP contribution in [0.15, 0.2) is 27.5 Å². The van der Waals surface area contributed by atoms with Gasteiger partial charge in [0, 0.05) is 16.8 Å². The Morgan fingerprint density at radius 3 is 2.52 bits per heavy atom. The molecule has 1 N–H and O–H groups in total. The van der Waals surface area contributed by atoms with E-state index < -0.39 is 22.9 Å². The van der Waals surface area contributed by atoms with E-state index in [-0.39, 0.29) is 21.3 Å². The van der Waals surface area contributed by atoms with Crippen LogP contribution in [0.4, 0.5) is 13.2 Å². The molecule has 1 aromatic carbocycles. The summed E-state index contributed by atoms with van der Waals surface area (Å²) < 4.78 is 45.5. The molecule has 0 aliphatic rings. The van der Waals surface area contributed by atoms with E-state index in [0.717, 1.165) is 6.07 Å². The average molecular weight is 387 g/mol. The lowest BCUT2D eigenvalue weighted by molar-refractivity contribution is -0.137. The zero-order valence-electron chi connectivity index (χ0n) is 12.0. The first-order valence-electron chi connectivity index (χ1n) is 6.28. The van der Waals surface area contributed by atoms with Gasteiger partial charge >= 0.3 is 6.18 Å². The maximum Gasteiger partial charge on any atom is 0.417 e. The molecule has 2 rings (SSSR count). The van der Waals surface area contributed by atoms with Crippen molar-refractivity contribution in [2.45, 2.75) is 13.1 Å². The van der Waals surface area contributed by atoms with Gasteiger partial charge in [-0.15, -0.1) is 0 Å². The number of aromatic nitrogens is 1. The van der Waals surface area contributed by atoms with Crippen LogP contribution in [0.3, 0.4) is 0 Å². The molecule has 0 radical (unpaired) electrons. The van der Waals surface area contributed by atoms with Crippen molar-refractivity contribution in [2.75, 3.05) is 7.11 Å². The van der Waals surface area contributed by atoms with Gasteiger partial charge in [0.2, 0.25) is 0 Å². The molecule has 0 saturated carbocycles. The number of rotatable bonds is 2. The number of nitriles is 1. The SMILES string of the molecule is COc1c(Br)ccc(C(F)(F)F)c1-c1cc(C)[nH]c(=O)c1C#N. The molecule has 0 unspecified atom stereocenters. The third-order valence-electron chi connectivity index (χ3n) is 3.17. The second-order valence-electron chi connectivity index (χ2n) is 4.68. The zero-order valence-corrected chi connectivity index (χ0v) is 13.6. The third kappa shape index (κ3) is 3.10. The Hall–Kier alpha value is -2.27. The quantitative estimate of drug-likeness (QED) is 0.847. The van der Waals surface area contributed by atoms with Crippen LogP contribution in [0.1, 0.15) is 16.8 Å². The number of hydrogen-bond acceptors (Lipinski definition) is 3. The highest BCUT2D eigenvalue weighted by molar-refractivity contribution is 9.10. The van der Waals surface area contributed by atoms with Gasteiger partial charge in [0.25, 0.3) is 5.56 Å². The molecular formula is C15H10BrF3N2O2. The van der Waals surface area contributed by atoms with Crippen molar-refractivity contribution in [3.8, 4) is 22.9 Å². The summed E-state index contributed by atoms with van der Waals surface area (Å²) in [6, 6.07) is 5.06. The highest BCUT2D eigenvalue weighted by atomic mass is 79.9. The van der Waals surface area contributed by atoms with Crippen LogP contribution in [0.25, 0.3) is 11.1 Å². The van der Waals surface area contributed by atoms with Crippen molar-refractivity contribution >= 4 is 15.9 Å². The third-order valence-corrected chi connectivity index (χ3v) is 3.79. The number of aryl methyl sites for hydroxylation is 1. The van der Waals surface area contributed by atoms with Crippen molar-refractivity contribution in [2.24, 2.45) is 0 Å². The Bertz CT molecular complexity index is 867. The molecule has 2 aromatic rings. The van der Waals surface area contributed by atoms with E-state index in [1.54, 1.807) is 6.07 Å². The number of aromatic amines is 1. The minimum absolute atomic E-state index is 0.0960. The standard InChI is InChI=1S/C15H10BrF3N2O2/c1-7-5-8(9(6-20)14(22)21-7)12-10(15(17,18)19)3-4-11(16)13(12)23-2/h3-5H,1-2H3,(H,21,22). The monoisotopic (exact) mass is 386 g/mol. The molecule has 0 aliphatic carbocycles. The smallest absolute Gasteiger partial charge is 0.417 e. The van der Waals surface area contributed by atoms with Gasteiger partial charge in [0.15, 0.2) is 0 Å². The van der Waals surface area contributed by atoms with Crippen LogP contribution in [0, 0.1) is 18.3 Å². The summed E-state index contributed by atoms with van der Waals surface area (Å²) in [7, 11) is 1.22. The first-order chi connectivity index (χ1) is 10.7. The molecule has 1 heterocycles. The lowest BCUT2D eigenvalue weighted by Gasteiger charge is -2.18. The average Bonchev–Trinajstić information content (AvgIpc) is 2.44.